The van der Waals surface area contributed by atoms with Gasteiger partial charge >= 0.3 is 0 Å². The number of ether oxygens (including phenoxy) is 2. The van der Waals surface area contributed by atoms with Gasteiger partial charge in [0.15, 0.2) is 18.1 Å². The number of piperazine rings is 1. The van der Waals surface area contributed by atoms with Crippen LogP contribution in [0.4, 0.5) is 0 Å². The molecule has 120 valence electrons. The maximum atomic E-state index is 12.1. The van der Waals surface area contributed by atoms with E-state index in [2.05, 4.69) is 0 Å². The minimum Gasteiger partial charge on any atom is -0.544 e. The molecule has 1 N–H and O–H groups in total. The zero-order valence-corrected chi connectivity index (χ0v) is 12.5. The van der Waals surface area contributed by atoms with Crippen LogP contribution in [0.1, 0.15) is 0 Å². The van der Waals surface area contributed by atoms with Crippen molar-refractivity contribution in [2.75, 3.05) is 46.4 Å². The van der Waals surface area contributed by atoms with Crippen LogP contribution in [0.25, 0.3) is 0 Å². The highest BCUT2D eigenvalue weighted by atomic mass is 16.5. The molecule has 0 bridgehead atoms. The SMILES string of the molecule is COc1ccccc1OCC(=O)N1CC[NH+](CC(=O)[O-])CC1. The van der Waals surface area contributed by atoms with E-state index in [1.54, 1.807) is 24.1 Å². The molecule has 2 rings (SSSR count). The van der Waals surface area contributed by atoms with E-state index in [1.807, 2.05) is 12.1 Å². The third-order valence-corrected chi connectivity index (χ3v) is 3.64. The highest BCUT2D eigenvalue weighted by molar-refractivity contribution is 5.78. The Morgan fingerprint density at radius 1 is 1.23 bits per heavy atom. The second kappa shape index (κ2) is 7.65. The number of aliphatic carboxylic acids is 1. The molecular weight excluding hydrogens is 288 g/mol. The summed E-state index contributed by atoms with van der Waals surface area (Å²) >= 11 is 0. The molecule has 1 aliphatic heterocycles. The Bertz CT molecular complexity index is 526. The molecule has 7 heteroatoms. The molecule has 1 aromatic carbocycles. The van der Waals surface area contributed by atoms with Crippen LogP contribution in [0.2, 0.25) is 0 Å². The summed E-state index contributed by atoms with van der Waals surface area (Å²) in [5, 5.41) is 10.6. The molecule has 0 spiro atoms. The van der Waals surface area contributed by atoms with Crippen LogP contribution in [0, 0.1) is 0 Å². The maximum absolute atomic E-state index is 12.1. The summed E-state index contributed by atoms with van der Waals surface area (Å²) in [6.07, 6.45) is 0. The molecule has 0 aliphatic carbocycles. The van der Waals surface area contributed by atoms with Gasteiger partial charge in [0.1, 0.15) is 6.54 Å². The van der Waals surface area contributed by atoms with E-state index in [1.165, 1.54) is 0 Å². The van der Waals surface area contributed by atoms with E-state index in [4.69, 9.17) is 9.47 Å². The summed E-state index contributed by atoms with van der Waals surface area (Å²) < 4.78 is 10.7. The number of carbonyl (C=O) groups excluding carboxylic acids is 2. The molecule has 1 amide bonds. The first-order chi connectivity index (χ1) is 10.6. The summed E-state index contributed by atoms with van der Waals surface area (Å²) in [5.41, 5.74) is 0. The first-order valence-corrected chi connectivity index (χ1v) is 7.17. The fraction of sp³-hybridized carbons (Fsp3) is 0.467. The smallest absolute Gasteiger partial charge is 0.260 e. The second-order valence-corrected chi connectivity index (χ2v) is 5.12. The summed E-state index contributed by atoms with van der Waals surface area (Å²) in [6, 6.07) is 7.15. The van der Waals surface area contributed by atoms with Crippen LogP contribution in [0.3, 0.4) is 0 Å². The van der Waals surface area contributed by atoms with Gasteiger partial charge in [-0.3, -0.25) is 4.79 Å². The van der Waals surface area contributed by atoms with Gasteiger partial charge in [-0.15, -0.1) is 0 Å². The maximum Gasteiger partial charge on any atom is 0.260 e. The highest BCUT2D eigenvalue weighted by Gasteiger charge is 2.24. The number of nitrogens with zero attached hydrogens (tertiary/aromatic N) is 1. The van der Waals surface area contributed by atoms with Crippen molar-refractivity contribution < 1.29 is 29.1 Å². The summed E-state index contributed by atoms with van der Waals surface area (Å²) in [7, 11) is 1.54. The summed E-state index contributed by atoms with van der Waals surface area (Å²) in [5.74, 6) is -0.0641. The second-order valence-electron chi connectivity index (χ2n) is 5.12. The van der Waals surface area contributed by atoms with Crippen molar-refractivity contribution in [1.29, 1.82) is 0 Å². The number of para-hydroxylation sites is 2. The van der Waals surface area contributed by atoms with Gasteiger partial charge in [0.2, 0.25) is 0 Å². The quantitative estimate of drug-likeness (QED) is 0.631. The predicted molar refractivity (Wildman–Crippen MR) is 75.6 cm³/mol. The Morgan fingerprint density at radius 3 is 2.45 bits per heavy atom. The summed E-state index contributed by atoms with van der Waals surface area (Å²) in [6.45, 7) is 2.19. The van der Waals surface area contributed by atoms with Gasteiger partial charge < -0.3 is 29.2 Å². The average molecular weight is 308 g/mol. The normalized spacial score (nSPS) is 15.4. The number of carboxylic acids is 1. The predicted octanol–water partition coefficient (Wildman–Crippen LogP) is -2.45. The number of amides is 1. The fourth-order valence-corrected chi connectivity index (χ4v) is 2.42. The molecule has 1 fully saturated rings. The van der Waals surface area contributed by atoms with Gasteiger partial charge in [0.05, 0.1) is 39.3 Å². The number of quaternary nitrogens is 1. The molecular formula is C15H20N2O5. The van der Waals surface area contributed by atoms with Crippen molar-refractivity contribution >= 4 is 11.9 Å². The van der Waals surface area contributed by atoms with Crippen molar-refractivity contribution in [3.63, 3.8) is 0 Å². The van der Waals surface area contributed by atoms with Crippen LogP contribution in [0.5, 0.6) is 11.5 Å². The van der Waals surface area contributed by atoms with Crippen molar-refractivity contribution in [1.82, 2.24) is 4.90 Å². The number of carboxylic acid groups (broad SMARTS) is 1. The minimum absolute atomic E-state index is 0.0141. The van der Waals surface area contributed by atoms with E-state index in [9.17, 15) is 14.7 Å². The summed E-state index contributed by atoms with van der Waals surface area (Å²) in [4.78, 5) is 25.3. The lowest BCUT2D eigenvalue weighted by atomic mass is 10.3. The van der Waals surface area contributed by atoms with Crippen molar-refractivity contribution in [3.05, 3.63) is 24.3 Å². The monoisotopic (exact) mass is 308 g/mol. The first kappa shape index (κ1) is 16.1. The lowest BCUT2D eigenvalue weighted by Gasteiger charge is -2.32. The van der Waals surface area contributed by atoms with Gasteiger partial charge in [0, 0.05) is 0 Å². The van der Waals surface area contributed by atoms with Crippen LogP contribution >= 0.6 is 0 Å². The van der Waals surface area contributed by atoms with Crippen LogP contribution in [-0.4, -0.2) is 63.2 Å². The Morgan fingerprint density at radius 2 is 1.86 bits per heavy atom. The van der Waals surface area contributed by atoms with E-state index < -0.39 is 5.97 Å². The Balaban J connectivity index is 1.80. The van der Waals surface area contributed by atoms with E-state index in [-0.39, 0.29) is 19.1 Å². The van der Waals surface area contributed by atoms with E-state index in [0.717, 1.165) is 4.90 Å². The molecule has 0 atom stereocenters. The molecule has 1 aliphatic rings. The van der Waals surface area contributed by atoms with Crippen LogP contribution in [-0.2, 0) is 9.59 Å². The van der Waals surface area contributed by atoms with Crippen LogP contribution < -0.4 is 19.5 Å². The Labute approximate surface area is 129 Å². The van der Waals surface area contributed by atoms with Crippen molar-refractivity contribution in [3.8, 4) is 11.5 Å². The largest absolute Gasteiger partial charge is 0.544 e. The fourth-order valence-electron chi connectivity index (χ4n) is 2.42. The zero-order valence-electron chi connectivity index (χ0n) is 12.5. The van der Waals surface area contributed by atoms with Crippen molar-refractivity contribution in [2.45, 2.75) is 0 Å². The number of benzene rings is 1. The Hall–Kier alpha value is -2.28. The number of hydrogen-bond acceptors (Lipinski definition) is 5. The average Bonchev–Trinajstić information content (AvgIpc) is 2.53. The third-order valence-electron chi connectivity index (χ3n) is 3.64. The van der Waals surface area contributed by atoms with Crippen molar-refractivity contribution in [2.24, 2.45) is 0 Å². The molecule has 0 radical (unpaired) electrons. The molecule has 0 unspecified atom stereocenters. The van der Waals surface area contributed by atoms with Crippen LogP contribution in [0.15, 0.2) is 24.3 Å². The van der Waals surface area contributed by atoms with E-state index >= 15 is 0 Å². The molecule has 0 aromatic heterocycles. The molecule has 1 saturated heterocycles. The molecule has 1 aromatic rings. The topological polar surface area (TPSA) is 83.3 Å². The van der Waals surface area contributed by atoms with Gasteiger partial charge in [-0.1, -0.05) is 12.1 Å². The number of methoxy groups -OCH3 is 1. The standard InChI is InChI=1S/C15H20N2O5/c1-21-12-4-2-3-5-13(12)22-11-14(18)17-8-6-16(7-9-17)10-15(19)20/h2-5H,6-11H2,1H3,(H,19,20). The number of carbonyl (C=O) groups is 2. The lowest BCUT2D eigenvalue weighted by Crippen LogP contribution is -3.16. The third kappa shape index (κ3) is 4.36. The lowest BCUT2D eigenvalue weighted by molar-refractivity contribution is -0.898. The highest BCUT2D eigenvalue weighted by Crippen LogP contribution is 2.25. The van der Waals surface area contributed by atoms with Gasteiger partial charge in [-0.2, -0.15) is 0 Å². The number of rotatable bonds is 6. The molecule has 1 heterocycles. The zero-order chi connectivity index (χ0) is 15.9. The Kier molecular flexibility index (Phi) is 5.60. The first-order valence-electron chi connectivity index (χ1n) is 7.17. The number of hydrogen-bond donors (Lipinski definition) is 1. The van der Waals surface area contributed by atoms with Gasteiger partial charge in [0.25, 0.3) is 5.91 Å². The van der Waals surface area contributed by atoms with Gasteiger partial charge in [-0.25, -0.2) is 0 Å². The molecule has 0 saturated carbocycles. The van der Waals surface area contributed by atoms with E-state index in [0.29, 0.717) is 37.7 Å². The minimum atomic E-state index is -1.06. The number of nitrogens with one attached hydrogen (secondary N) is 1. The molecule has 22 heavy (non-hydrogen) atoms. The van der Waals surface area contributed by atoms with Gasteiger partial charge in [-0.05, 0) is 12.1 Å². The molecule has 7 nitrogen and oxygen atoms in total.